The molecule has 1 saturated heterocycles. The highest BCUT2D eigenvalue weighted by atomic mass is 35.5. The van der Waals surface area contributed by atoms with Gasteiger partial charge in [-0.2, -0.15) is 5.10 Å². The number of aryl methyl sites for hydroxylation is 2. The molecule has 0 bridgehead atoms. The van der Waals surface area contributed by atoms with Crippen LogP contribution in [-0.4, -0.2) is 46.3 Å². The number of rotatable bonds is 3. The molecule has 1 amide bonds. The van der Waals surface area contributed by atoms with E-state index in [1.807, 2.05) is 23.6 Å². The predicted molar refractivity (Wildman–Crippen MR) is 89.5 cm³/mol. The Morgan fingerprint density at radius 3 is 2.57 bits per heavy atom. The molecule has 1 atom stereocenters. The third-order valence-corrected chi connectivity index (χ3v) is 3.97. The van der Waals surface area contributed by atoms with Crippen molar-refractivity contribution in [2.75, 3.05) is 19.6 Å². The third kappa shape index (κ3) is 4.87. The van der Waals surface area contributed by atoms with Crippen molar-refractivity contribution in [3.05, 3.63) is 17.0 Å². The number of carbonyl (C=O) groups is 1. The predicted octanol–water partition coefficient (Wildman–Crippen LogP) is 1.63. The Kier molecular flexibility index (Phi) is 8.29. The lowest BCUT2D eigenvalue weighted by Crippen LogP contribution is -2.51. The van der Waals surface area contributed by atoms with Crippen LogP contribution in [-0.2, 0) is 18.3 Å². The molecule has 1 aromatic heterocycles. The van der Waals surface area contributed by atoms with Gasteiger partial charge in [0.1, 0.15) is 0 Å². The summed E-state index contributed by atoms with van der Waals surface area (Å²) >= 11 is 0. The van der Waals surface area contributed by atoms with E-state index in [4.69, 9.17) is 0 Å². The van der Waals surface area contributed by atoms with Crippen LogP contribution in [0.1, 0.15) is 30.3 Å². The van der Waals surface area contributed by atoms with Gasteiger partial charge in [-0.15, -0.1) is 24.8 Å². The summed E-state index contributed by atoms with van der Waals surface area (Å²) < 4.78 is 1.89. The number of nitrogens with one attached hydrogen (secondary N) is 1. The summed E-state index contributed by atoms with van der Waals surface area (Å²) in [5.41, 5.74) is 3.43. The van der Waals surface area contributed by atoms with E-state index in [1.54, 1.807) is 0 Å². The number of hydrogen-bond donors (Lipinski definition) is 1. The molecule has 2 heterocycles. The normalized spacial score (nSPS) is 17.9. The van der Waals surface area contributed by atoms with E-state index in [1.165, 1.54) is 11.3 Å². The topological polar surface area (TPSA) is 50.2 Å². The zero-order valence-corrected chi connectivity index (χ0v) is 14.8. The fourth-order valence-corrected chi connectivity index (χ4v) is 2.73. The smallest absolute Gasteiger partial charge is 0.223 e. The van der Waals surface area contributed by atoms with Crippen LogP contribution < -0.4 is 5.32 Å². The number of hydrogen-bond acceptors (Lipinski definition) is 3. The molecule has 1 unspecified atom stereocenters. The van der Waals surface area contributed by atoms with Crippen LogP contribution in [0, 0.1) is 13.8 Å². The number of nitrogens with zero attached hydrogens (tertiary/aromatic N) is 3. The molecule has 0 aliphatic carbocycles. The second-order valence-electron chi connectivity index (χ2n) is 5.47. The first-order chi connectivity index (χ1) is 8.99. The standard InChI is InChI=1S/C14H24N4O.2ClH/c1-10-9-18(8-7-15-10)14(19)6-5-13-11(2)16-17(4)12(13)3;;/h10,15H,5-9H2,1-4H3;2*1H. The first-order valence-corrected chi connectivity index (χ1v) is 6.99. The molecule has 0 radical (unpaired) electrons. The van der Waals surface area contributed by atoms with Gasteiger partial charge in [-0.05, 0) is 32.8 Å². The fourth-order valence-electron chi connectivity index (χ4n) is 2.73. The highest BCUT2D eigenvalue weighted by Crippen LogP contribution is 2.15. The second-order valence-corrected chi connectivity index (χ2v) is 5.47. The molecule has 1 N–H and O–H groups in total. The van der Waals surface area contributed by atoms with E-state index in [0.29, 0.717) is 12.5 Å². The van der Waals surface area contributed by atoms with E-state index < -0.39 is 0 Å². The maximum Gasteiger partial charge on any atom is 0.223 e. The molecule has 0 saturated carbocycles. The minimum atomic E-state index is 0. The molecular formula is C14H26Cl2N4O. The van der Waals surface area contributed by atoms with E-state index in [2.05, 4.69) is 24.3 Å². The number of halogens is 2. The van der Waals surface area contributed by atoms with Gasteiger partial charge in [0.25, 0.3) is 0 Å². The van der Waals surface area contributed by atoms with Gasteiger partial charge in [-0.25, -0.2) is 0 Å². The van der Waals surface area contributed by atoms with Crippen LogP contribution >= 0.6 is 24.8 Å². The molecule has 1 aliphatic rings. The Labute approximate surface area is 139 Å². The Hall–Kier alpha value is -0.780. The Balaban J connectivity index is 0.00000200. The fraction of sp³-hybridized carbons (Fsp3) is 0.714. The first kappa shape index (κ1) is 20.2. The molecule has 21 heavy (non-hydrogen) atoms. The number of aromatic nitrogens is 2. The Bertz CT molecular complexity index is 476. The molecule has 0 aromatic carbocycles. The molecule has 5 nitrogen and oxygen atoms in total. The van der Waals surface area contributed by atoms with Crippen molar-refractivity contribution in [2.24, 2.45) is 7.05 Å². The van der Waals surface area contributed by atoms with Crippen LogP contribution in [0.15, 0.2) is 0 Å². The molecule has 1 fully saturated rings. The van der Waals surface area contributed by atoms with Gasteiger partial charge in [0.2, 0.25) is 5.91 Å². The van der Waals surface area contributed by atoms with Crippen molar-refractivity contribution in [3.63, 3.8) is 0 Å². The van der Waals surface area contributed by atoms with E-state index in [0.717, 1.165) is 31.7 Å². The average molecular weight is 337 g/mol. The van der Waals surface area contributed by atoms with E-state index in [-0.39, 0.29) is 30.7 Å². The van der Waals surface area contributed by atoms with Gasteiger partial charge in [0.15, 0.2) is 0 Å². The monoisotopic (exact) mass is 336 g/mol. The summed E-state index contributed by atoms with van der Waals surface area (Å²) in [6.45, 7) is 8.75. The maximum atomic E-state index is 12.2. The molecule has 0 spiro atoms. The van der Waals surface area contributed by atoms with Crippen molar-refractivity contribution in [3.8, 4) is 0 Å². The summed E-state index contributed by atoms with van der Waals surface area (Å²) in [7, 11) is 1.95. The van der Waals surface area contributed by atoms with Crippen molar-refractivity contribution in [1.29, 1.82) is 0 Å². The average Bonchev–Trinajstić information content (AvgIpc) is 2.61. The highest BCUT2D eigenvalue weighted by molar-refractivity contribution is 5.85. The van der Waals surface area contributed by atoms with E-state index >= 15 is 0 Å². The van der Waals surface area contributed by atoms with Crippen LogP contribution in [0.2, 0.25) is 0 Å². The van der Waals surface area contributed by atoms with Gasteiger partial charge < -0.3 is 10.2 Å². The summed E-state index contributed by atoms with van der Waals surface area (Å²) in [6, 6.07) is 0.402. The lowest BCUT2D eigenvalue weighted by molar-refractivity contribution is -0.132. The van der Waals surface area contributed by atoms with Crippen molar-refractivity contribution < 1.29 is 4.79 Å². The van der Waals surface area contributed by atoms with Crippen LogP contribution in [0.4, 0.5) is 0 Å². The summed E-state index contributed by atoms with van der Waals surface area (Å²) in [4.78, 5) is 14.2. The minimum absolute atomic E-state index is 0. The van der Waals surface area contributed by atoms with Gasteiger partial charge in [-0.3, -0.25) is 9.48 Å². The lowest BCUT2D eigenvalue weighted by atomic mass is 10.1. The quantitative estimate of drug-likeness (QED) is 0.912. The minimum Gasteiger partial charge on any atom is -0.340 e. The first-order valence-electron chi connectivity index (χ1n) is 6.99. The number of piperazine rings is 1. The number of amides is 1. The SMILES string of the molecule is Cc1nn(C)c(C)c1CCC(=O)N1CCNC(C)C1.Cl.Cl. The van der Waals surface area contributed by atoms with Gasteiger partial charge >= 0.3 is 0 Å². The lowest BCUT2D eigenvalue weighted by Gasteiger charge is -2.32. The Morgan fingerprint density at radius 2 is 2.05 bits per heavy atom. The Morgan fingerprint density at radius 1 is 1.38 bits per heavy atom. The largest absolute Gasteiger partial charge is 0.340 e. The zero-order chi connectivity index (χ0) is 14.0. The summed E-state index contributed by atoms with van der Waals surface area (Å²) in [5.74, 6) is 0.260. The van der Waals surface area contributed by atoms with Gasteiger partial charge in [0.05, 0.1) is 5.69 Å². The summed E-state index contributed by atoms with van der Waals surface area (Å²) in [5, 5.41) is 7.75. The van der Waals surface area contributed by atoms with Crippen LogP contribution in [0.25, 0.3) is 0 Å². The maximum absolute atomic E-state index is 12.2. The molecule has 1 aliphatic heterocycles. The van der Waals surface area contributed by atoms with Crippen LogP contribution in [0.3, 0.4) is 0 Å². The third-order valence-electron chi connectivity index (χ3n) is 3.97. The van der Waals surface area contributed by atoms with Gasteiger partial charge in [0, 0.05) is 44.8 Å². The van der Waals surface area contributed by atoms with Crippen molar-refractivity contribution in [1.82, 2.24) is 20.0 Å². The number of carbonyl (C=O) groups excluding carboxylic acids is 1. The summed E-state index contributed by atoms with van der Waals surface area (Å²) in [6.07, 6.45) is 1.38. The van der Waals surface area contributed by atoms with Crippen molar-refractivity contribution in [2.45, 2.75) is 39.7 Å². The second kappa shape index (κ2) is 8.61. The molecule has 1 aromatic rings. The zero-order valence-electron chi connectivity index (χ0n) is 13.2. The van der Waals surface area contributed by atoms with Gasteiger partial charge in [-0.1, -0.05) is 0 Å². The molecule has 7 heteroatoms. The van der Waals surface area contributed by atoms with Crippen LogP contribution in [0.5, 0.6) is 0 Å². The van der Waals surface area contributed by atoms with E-state index in [9.17, 15) is 4.79 Å². The molecular weight excluding hydrogens is 311 g/mol. The molecule has 2 rings (SSSR count). The molecule has 122 valence electrons. The van der Waals surface area contributed by atoms with Crippen molar-refractivity contribution >= 4 is 30.7 Å². The highest BCUT2D eigenvalue weighted by Gasteiger charge is 2.20.